The van der Waals surface area contributed by atoms with Crippen molar-refractivity contribution in [3.8, 4) is 0 Å². The van der Waals surface area contributed by atoms with Crippen LogP contribution in [0.1, 0.15) is 1.43 Å². The van der Waals surface area contributed by atoms with Crippen molar-refractivity contribution < 1.29 is 6.16 Å². The molecule has 2 rings (SSSR count). The van der Waals surface area contributed by atoms with Crippen LogP contribution in [0.2, 0.25) is 0 Å². The van der Waals surface area contributed by atoms with E-state index in [-0.39, 0.29) is 1.43 Å². The number of fused-ring (bicyclic) bond motifs is 1. The molecule has 0 unspecified atom stereocenters. The van der Waals surface area contributed by atoms with Crippen LogP contribution < -0.4 is 5.53 Å². The number of hydrazine groups is 1. The molecule has 0 spiro atoms. The summed E-state index contributed by atoms with van der Waals surface area (Å²) in [6.45, 7) is 0. The van der Waals surface area contributed by atoms with E-state index < -0.39 is 0 Å². The zero-order valence-electron chi connectivity index (χ0n) is 5.61. The number of rotatable bonds is 0. The Morgan fingerprint density at radius 3 is 3.67 bits per heavy atom. The van der Waals surface area contributed by atoms with Crippen LogP contribution >= 0.6 is 0 Å². The molecule has 0 atom stereocenters. The largest absolute Gasteiger partial charge is 1.00 e. The van der Waals surface area contributed by atoms with Gasteiger partial charge in [-0.1, -0.05) is 0 Å². The molecule has 9 heavy (non-hydrogen) atoms. The maximum atomic E-state index is 4.87. The van der Waals surface area contributed by atoms with Crippen molar-refractivity contribution in [2.24, 2.45) is 5.10 Å². The number of nitrogens with one attached hydrogen (secondary N) is 1. The van der Waals surface area contributed by atoms with E-state index >= 15 is 0 Å². The third-order valence-corrected chi connectivity index (χ3v) is 1.12. The third kappa shape index (κ3) is 0.561. The van der Waals surface area contributed by atoms with Crippen molar-refractivity contribution in [3.05, 3.63) is 24.4 Å². The maximum absolute atomic E-state index is 4.87. The molecular formula is C5H6N3O+. The van der Waals surface area contributed by atoms with E-state index in [1.165, 1.54) is 0 Å². The number of allylic oxidation sites excluding steroid dienone is 1. The Morgan fingerprint density at radius 1 is 1.78 bits per heavy atom. The number of nitrogens with zero attached hydrogens (tertiary/aromatic N) is 2. The molecule has 4 heteroatoms. The first-order valence-electron chi connectivity index (χ1n) is 2.57. The highest BCUT2D eigenvalue weighted by Gasteiger charge is 2.11. The lowest BCUT2D eigenvalue weighted by Crippen LogP contribution is -2.23. The van der Waals surface area contributed by atoms with Crippen molar-refractivity contribution in [2.45, 2.75) is 0 Å². The van der Waals surface area contributed by atoms with Gasteiger partial charge in [0.15, 0.2) is 0 Å². The van der Waals surface area contributed by atoms with Gasteiger partial charge in [-0.05, 0) is 0 Å². The summed E-state index contributed by atoms with van der Waals surface area (Å²) in [5.74, 6) is 0. The van der Waals surface area contributed by atoms with Crippen LogP contribution in [0.5, 0.6) is 0 Å². The van der Waals surface area contributed by atoms with Gasteiger partial charge in [-0.2, -0.15) is 5.10 Å². The molecule has 1 N–H and O–H groups in total. The summed E-state index contributed by atoms with van der Waals surface area (Å²) < 4.78 is 4.87. The molecule has 0 aromatic heterocycles. The molecule has 0 bridgehead atoms. The molecule has 0 aromatic rings. The monoisotopic (exact) mass is 124 g/mol. The van der Waals surface area contributed by atoms with Crippen molar-refractivity contribution in [1.82, 2.24) is 10.5 Å². The molecule has 2 aliphatic heterocycles. The van der Waals surface area contributed by atoms with E-state index in [4.69, 9.17) is 4.74 Å². The molecule has 0 amide bonds. The summed E-state index contributed by atoms with van der Waals surface area (Å²) in [4.78, 5) is 0. The Hall–Kier alpha value is -1.45. The van der Waals surface area contributed by atoms with E-state index in [0.717, 1.165) is 5.70 Å². The quantitative estimate of drug-likeness (QED) is 0.502. The number of hydrazone groups is 1. The van der Waals surface area contributed by atoms with Crippen molar-refractivity contribution in [2.75, 3.05) is 0 Å². The molecule has 4 nitrogen and oxygen atoms in total. The number of hydrogen-bond acceptors (Lipinski definition) is 4. The van der Waals surface area contributed by atoms with Crippen molar-refractivity contribution in [1.29, 1.82) is 0 Å². The zero-order chi connectivity index (χ0) is 6.10. The maximum Gasteiger partial charge on any atom is 1.00 e. The standard InChI is InChI=1S/C5H5N3O/c1-2-9-4-5-3-6-7-8(1)5/h1-4,7H/p+1. The first-order chi connectivity index (χ1) is 4.47. The normalized spacial score (nSPS) is 20.4. The highest BCUT2D eigenvalue weighted by atomic mass is 16.5. The molecule has 0 aromatic carbocycles. The number of hydrogen-bond donors (Lipinski definition) is 1. The van der Waals surface area contributed by atoms with E-state index in [2.05, 4.69) is 10.6 Å². The Kier molecular flexibility index (Phi) is 0.745. The van der Waals surface area contributed by atoms with Crippen LogP contribution in [0, 0.1) is 0 Å². The average molecular weight is 124 g/mol. The van der Waals surface area contributed by atoms with Gasteiger partial charge in [0.05, 0.1) is 12.4 Å². The molecule has 2 aliphatic rings. The van der Waals surface area contributed by atoms with Gasteiger partial charge in [-0.3, -0.25) is 0 Å². The van der Waals surface area contributed by atoms with Crippen LogP contribution in [0.4, 0.5) is 0 Å². The van der Waals surface area contributed by atoms with Gasteiger partial charge in [-0.25, -0.2) is 10.5 Å². The van der Waals surface area contributed by atoms with Gasteiger partial charge in [0.2, 0.25) is 0 Å². The molecule has 0 aliphatic carbocycles. The molecular weight excluding hydrogens is 118 g/mol. The van der Waals surface area contributed by atoms with Gasteiger partial charge in [0.25, 0.3) is 0 Å². The van der Waals surface area contributed by atoms with Gasteiger partial charge < -0.3 is 4.74 Å². The Labute approximate surface area is 53.6 Å². The van der Waals surface area contributed by atoms with Gasteiger partial charge in [0, 0.05) is 0 Å². The SMILES string of the molecule is C1=CN2NN=CC2=CO1.[H+]. The summed E-state index contributed by atoms with van der Waals surface area (Å²) in [5.41, 5.74) is 3.64. The first-order valence-corrected chi connectivity index (χ1v) is 2.57. The fourth-order valence-electron chi connectivity index (χ4n) is 0.689. The van der Waals surface area contributed by atoms with Gasteiger partial charge in [0.1, 0.15) is 18.2 Å². The molecule has 0 saturated carbocycles. The summed E-state index contributed by atoms with van der Waals surface area (Å²) >= 11 is 0. The number of ether oxygens (including phenoxy) is 1. The first kappa shape index (κ1) is 4.43. The Balaban J connectivity index is 0.000000500. The van der Waals surface area contributed by atoms with Crippen LogP contribution in [-0.4, -0.2) is 11.2 Å². The summed E-state index contributed by atoms with van der Waals surface area (Å²) in [7, 11) is 0. The fraction of sp³-hybridized carbons (Fsp3) is 0. The molecule has 46 valence electrons. The fourth-order valence-corrected chi connectivity index (χ4v) is 0.689. The van der Waals surface area contributed by atoms with Crippen molar-refractivity contribution >= 4 is 6.21 Å². The van der Waals surface area contributed by atoms with Crippen LogP contribution in [0.3, 0.4) is 0 Å². The van der Waals surface area contributed by atoms with E-state index in [0.29, 0.717) is 0 Å². The smallest absolute Gasteiger partial charge is 0.469 e. The highest BCUT2D eigenvalue weighted by molar-refractivity contribution is 5.79. The minimum atomic E-state index is 0. The van der Waals surface area contributed by atoms with Gasteiger partial charge in [-0.15, -0.1) is 0 Å². The second-order valence-electron chi connectivity index (χ2n) is 1.69. The second-order valence-corrected chi connectivity index (χ2v) is 1.69. The topological polar surface area (TPSA) is 36.9 Å². The predicted molar refractivity (Wildman–Crippen MR) is 32.9 cm³/mol. The summed E-state index contributed by atoms with van der Waals surface area (Å²) in [6, 6.07) is 0. The van der Waals surface area contributed by atoms with Crippen LogP contribution in [-0.2, 0) is 4.74 Å². The average Bonchev–Trinajstić information content (AvgIpc) is 2.33. The Bertz CT molecular complexity index is 211. The predicted octanol–water partition coefficient (Wildman–Crippen LogP) is 0.248. The highest BCUT2D eigenvalue weighted by Crippen LogP contribution is 2.08. The third-order valence-electron chi connectivity index (χ3n) is 1.12. The summed E-state index contributed by atoms with van der Waals surface area (Å²) in [5, 5.41) is 5.53. The lowest BCUT2D eigenvalue weighted by Gasteiger charge is -2.14. The van der Waals surface area contributed by atoms with Crippen LogP contribution in [0.15, 0.2) is 29.5 Å². The summed E-state index contributed by atoms with van der Waals surface area (Å²) in [6.07, 6.45) is 6.63. The van der Waals surface area contributed by atoms with E-state index in [1.807, 2.05) is 0 Å². The molecule has 0 radical (unpaired) electrons. The second kappa shape index (κ2) is 1.51. The minimum Gasteiger partial charge on any atom is -0.469 e. The Morgan fingerprint density at radius 2 is 2.78 bits per heavy atom. The van der Waals surface area contributed by atoms with E-state index in [1.54, 1.807) is 29.9 Å². The lowest BCUT2D eigenvalue weighted by molar-refractivity contribution is 0.303. The minimum absolute atomic E-state index is 0. The molecule has 0 saturated heterocycles. The van der Waals surface area contributed by atoms with E-state index in [9.17, 15) is 0 Å². The van der Waals surface area contributed by atoms with Gasteiger partial charge >= 0.3 is 1.43 Å². The van der Waals surface area contributed by atoms with Crippen LogP contribution in [0.25, 0.3) is 0 Å². The lowest BCUT2D eigenvalue weighted by atomic mass is 10.5. The zero-order valence-corrected chi connectivity index (χ0v) is 4.61. The van der Waals surface area contributed by atoms with Crippen molar-refractivity contribution in [3.63, 3.8) is 0 Å². The molecule has 0 fully saturated rings. The molecule has 2 heterocycles.